The van der Waals surface area contributed by atoms with Crippen molar-refractivity contribution in [2.24, 2.45) is 13.0 Å². The lowest BCUT2D eigenvalue weighted by Crippen LogP contribution is -2.39. The summed E-state index contributed by atoms with van der Waals surface area (Å²) >= 11 is 0. The van der Waals surface area contributed by atoms with Crippen LogP contribution in [0.1, 0.15) is 60.2 Å². The second kappa shape index (κ2) is 8.86. The largest absolute Gasteiger partial charge is 0.338 e. The van der Waals surface area contributed by atoms with Crippen LogP contribution in [0.15, 0.2) is 24.3 Å². The lowest BCUT2D eigenvalue weighted by molar-refractivity contribution is 0.0703. The molecule has 1 unspecified atom stereocenters. The fourth-order valence-corrected chi connectivity index (χ4v) is 3.96. The van der Waals surface area contributed by atoms with E-state index < -0.39 is 0 Å². The van der Waals surface area contributed by atoms with Gasteiger partial charge in [0.25, 0.3) is 5.91 Å². The van der Waals surface area contributed by atoms with Gasteiger partial charge in [-0.2, -0.15) is 0 Å². The summed E-state index contributed by atoms with van der Waals surface area (Å²) < 4.78 is 2.10. The minimum Gasteiger partial charge on any atom is -0.338 e. The molecule has 1 aliphatic rings. The standard InChI is InChI=1S/C22H33N5O/c1-16(2)13-17-8-10-18(11-9-17)22(28)27-12-6-7-19(14-27)21-24-23-20(26(21)5)15-25(3)4/h8-11,16,19H,6-7,12-15H2,1-5H3. The smallest absolute Gasteiger partial charge is 0.253 e. The van der Waals surface area contributed by atoms with Crippen molar-refractivity contribution in [3.63, 3.8) is 0 Å². The molecule has 0 radical (unpaired) electrons. The molecule has 1 atom stereocenters. The van der Waals surface area contributed by atoms with Crippen LogP contribution in [0, 0.1) is 5.92 Å². The number of hydrogen-bond acceptors (Lipinski definition) is 4. The zero-order valence-electron chi connectivity index (χ0n) is 17.9. The van der Waals surface area contributed by atoms with Crippen LogP contribution in [0.4, 0.5) is 0 Å². The first-order chi connectivity index (χ1) is 13.3. The summed E-state index contributed by atoms with van der Waals surface area (Å²) in [6.45, 7) is 6.71. The molecule has 0 N–H and O–H groups in total. The minimum absolute atomic E-state index is 0.122. The van der Waals surface area contributed by atoms with Gasteiger partial charge < -0.3 is 14.4 Å². The summed E-state index contributed by atoms with van der Waals surface area (Å²) in [5, 5.41) is 8.81. The molecule has 6 heteroatoms. The summed E-state index contributed by atoms with van der Waals surface area (Å²) in [7, 11) is 6.09. The van der Waals surface area contributed by atoms with Crippen LogP contribution < -0.4 is 0 Å². The van der Waals surface area contributed by atoms with E-state index in [0.717, 1.165) is 49.6 Å². The molecule has 2 heterocycles. The van der Waals surface area contributed by atoms with Crippen LogP contribution in [-0.2, 0) is 20.0 Å². The number of rotatable bonds is 6. The van der Waals surface area contributed by atoms with Gasteiger partial charge in [-0.25, -0.2) is 0 Å². The molecule has 1 aromatic carbocycles. The van der Waals surface area contributed by atoms with Gasteiger partial charge in [-0.3, -0.25) is 4.79 Å². The summed E-state index contributed by atoms with van der Waals surface area (Å²) in [5.41, 5.74) is 2.06. The Balaban J connectivity index is 1.69. The molecule has 1 saturated heterocycles. The number of benzene rings is 1. The number of hydrogen-bond donors (Lipinski definition) is 0. The third-order valence-electron chi connectivity index (χ3n) is 5.37. The van der Waals surface area contributed by atoms with E-state index in [9.17, 15) is 4.79 Å². The maximum Gasteiger partial charge on any atom is 0.253 e. The fourth-order valence-electron chi connectivity index (χ4n) is 3.96. The predicted octanol–water partition coefficient (Wildman–Crippen LogP) is 3.10. The van der Waals surface area contributed by atoms with Gasteiger partial charge >= 0.3 is 0 Å². The molecule has 1 fully saturated rings. The lowest BCUT2D eigenvalue weighted by Gasteiger charge is -2.32. The van der Waals surface area contributed by atoms with Gasteiger partial charge in [0.2, 0.25) is 0 Å². The van der Waals surface area contributed by atoms with E-state index in [0.29, 0.717) is 12.5 Å². The van der Waals surface area contributed by atoms with Crippen molar-refractivity contribution in [2.45, 2.75) is 45.6 Å². The second-order valence-corrected chi connectivity index (χ2v) is 8.66. The zero-order valence-corrected chi connectivity index (χ0v) is 17.9. The van der Waals surface area contributed by atoms with Crippen molar-refractivity contribution in [2.75, 3.05) is 27.2 Å². The van der Waals surface area contributed by atoms with Crippen molar-refractivity contribution in [1.29, 1.82) is 0 Å². The van der Waals surface area contributed by atoms with Crippen molar-refractivity contribution >= 4 is 5.91 Å². The Morgan fingerprint density at radius 3 is 2.57 bits per heavy atom. The van der Waals surface area contributed by atoms with Gasteiger partial charge in [-0.05, 0) is 57.0 Å². The van der Waals surface area contributed by atoms with Crippen LogP contribution in [0.25, 0.3) is 0 Å². The number of carbonyl (C=O) groups excluding carboxylic acids is 1. The van der Waals surface area contributed by atoms with Crippen molar-refractivity contribution < 1.29 is 4.79 Å². The number of amides is 1. The molecule has 2 aromatic rings. The molecule has 152 valence electrons. The minimum atomic E-state index is 0.122. The van der Waals surface area contributed by atoms with Gasteiger partial charge in [-0.15, -0.1) is 10.2 Å². The fraction of sp³-hybridized carbons (Fsp3) is 0.591. The molecule has 0 saturated carbocycles. The number of nitrogens with zero attached hydrogens (tertiary/aromatic N) is 5. The van der Waals surface area contributed by atoms with Crippen LogP contribution in [0.3, 0.4) is 0 Å². The number of likely N-dealkylation sites (tertiary alicyclic amines) is 1. The van der Waals surface area contributed by atoms with Gasteiger partial charge in [0.1, 0.15) is 11.6 Å². The first-order valence-corrected chi connectivity index (χ1v) is 10.3. The van der Waals surface area contributed by atoms with E-state index in [-0.39, 0.29) is 11.8 Å². The monoisotopic (exact) mass is 383 g/mol. The molecular formula is C22H33N5O. The first kappa shape index (κ1) is 20.5. The van der Waals surface area contributed by atoms with Gasteiger partial charge in [0.05, 0.1) is 6.54 Å². The lowest BCUT2D eigenvalue weighted by atomic mass is 9.96. The molecule has 28 heavy (non-hydrogen) atoms. The normalized spacial score (nSPS) is 17.5. The Morgan fingerprint density at radius 1 is 1.21 bits per heavy atom. The molecule has 0 aliphatic carbocycles. The Labute approximate surface area is 168 Å². The summed E-state index contributed by atoms with van der Waals surface area (Å²) in [5.74, 6) is 2.93. The van der Waals surface area contributed by atoms with E-state index >= 15 is 0 Å². The molecule has 3 rings (SSSR count). The maximum atomic E-state index is 13.0. The van der Waals surface area contributed by atoms with Crippen molar-refractivity contribution in [3.8, 4) is 0 Å². The quantitative estimate of drug-likeness (QED) is 0.769. The summed E-state index contributed by atoms with van der Waals surface area (Å²) in [6.07, 6.45) is 3.09. The maximum absolute atomic E-state index is 13.0. The van der Waals surface area contributed by atoms with E-state index in [1.165, 1.54) is 5.56 Å². The highest BCUT2D eigenvalue weighted by atomic mass is 16.2. The molecular weight excluding hydrogens is 350 g/mol. The zero-order chi connectivity index (χ0) is 20.3. The SMILES string of the molecule is CC(C)Cc1ccc(C(=O)N2CCCC(c3nnc(CN(C)C)n3C)C2)cc1. The topological polar surface area (TPSA) is 54.3 Å². The Hall–Kier alpha value is -2.21. The molecule has 1 aliphatic heterocycles. The molecule has 1 aromatic heterocycles. The third kappa shape index (κ3) is 4.79. The first-order valence-electron chi connectivity index (χ1n) is 10.3. The second-order valence-electron chi connectivity index (χ2n) is 8.66. The molecule has 1 amide bonds. The highest BCUT2D eigenvalue weighted by Crippen LogP contribution is 2.27. The Bertz CT molecular complexity index is 794. The number of carbonyl (C=O) groups is 1. The molecule has 0 bridgehead atoms. The highest BCUT2D eigenvalue weighted by molar-refractivity contribution is 5.94. The van der Waals surface area contributed by atoms with E-state index in [1.54, 1.807) is 0 Å². The third-order valence-corrected chi connectivity index (χ3v) is 5.37. The average Bonchev–Trinajstić information content (AvgIpc) is 3.01. The van der Waals surface area contributed by atoms with Crippen LogP contribution in [0.2, 0.25) is 0 Å². The predicted molar refractivity (Wildman–Crippen MR) is 111 cm³/mol. The van der Waals surface area contributed by atoms with Gasteiger partial charge in [0.15, 0.2) is 0 Å². The van der Waals surface area contributed by atoms with E-state index in [2.05, 4.69) is 45.6 Å². The van der Waals surface area contributed by atoms with Gasteiger partial charge in [-0.1, -0.05) is 26.0 Å². The summed E-state index contributed by atoms with van der Waals surface area (Å²) in [6, 6.07) is 8.12. The van der Waals surface area contributed by atoms with Gasteiger partial charge in [0, 0.05) is 31.6 Å². The summed E-state index contributed by atoms with van der Waals surface area (Å²) in [4.78, 5) is 17.1. The van der Waals surface area contributed by atoms with Crippen molar-refractivity contribution in [3.05, 3.63) is 47.0 Å². The van der Waals surface area contributed by atoms with Crippen LogP contribution in [0.5, 0.6) is 0 Å². The number of piperidine rings is 1. The number of aromatic nitrogens is 3. The van der Waals surface area contributed by atoms with E-state index in [1.807, 2.05) is 38.2 Å². The highest BCUT2D eigenvalue weighted by Gasteiger charge is 2.29. The Morgan fingerprint density at radius 2 is 1.93 bits per heavy atom. The van der Waals surface area contributed by atoms with Crippen molar-refractivity contribution in [1.82, 2.24) is 24.6 Å². The van der Waals surface area contributed by atoms with E-state index in [4.69, 9.17) is 0 Å². The van der Waals surface area contributed by atoms with Crippen LogP contribution in [-0.4, -0.2) is 57.7 Å². The van der Waals surface area contributed by atoms with Crippen LogP contribution >= 0.6 is 0 Å². The molecule has 6 nitrogen and oxygen atoms in total. The molecule has 0 spiro atoms. The average molecular weight is 384 g/mol. The Kier molecular flexibility index (Phi) is 6.50.